The first-order chi connectivity index (χ1) is 21.3. The fraction of sp³-hybridized carbons (Fsp3) is 0.611. The van der Waals surface area contributed by atoms with Crippen molar-refractivity contribution in [1.82, 2.24) is 9.47 Å². The van der Waals surface area contributed by atoms with Gasteiger partial charge < -0.3 is 23.5 Å². The number of imide groups is 1. The van der Waals surface area contributed by atoms with E-state index < -0.39 is 47.0 Å². The number of nitrogens with zero attached hydrogens (tertiary/aromatic N) is 2. The van der Waals surface area contributed by atoms with E-state index in [0.29, 0.717) is 31.5 Å². The maximum absolute atomic E-state index is 13.5. The van der Waals surface area contributed by atoms with Gasteiger partial charge in [-0.2, -0.15) is 4.90 Å². The molecule has 2 rings (SSSR count). The third kappa shape index (κ3) is 12.2. The molecule has 0 saturated carbocycles. The van der Waals surface area contributed by atoms with Crippen LogP contribution in [0.5, 0.6) is 0 Å². The number of hydrogen-bond acceptors (Lipinski definition) is 8. The second-order valence-electron chi connectivity index (χ2n) is 14.3. The lowest BCUT2D eigenvalue weighted by molar-refractivity contribution is -0.161. The first-order valence-electron chi connectivity index (χ1n) is 16.2. The van der Waals surface area contributed by atoms with Gasteiger partial charge in [0.25, 0.3) is 0 Å². The molecule has 1 heterocycles. The minimum absolute atomic E-state index is 0.101. The Kier molecular flexibility index (Phi) is 13.5. The number of carbonyl (C=O) groups is 4. The van der Waals surface area contributed by atoms with E-state index in [-0.39, 0.29) is 13.0 Å². The van der Waals surface area contributed by atoms with Crippen LogP contribution in [-0.2, 0) is 49.7 Å². The Bertz CT molecular complexity index is 1300. The molecular weight excluding hydrogens is 588 g/mol. The molecule has 2 amide bonds. The van der Waals surface area contributed by atoms with E-state index in [4.69, 9.17) is 18.9 Å². The van der Waals surface area contributed by atoms with Crippen molar-refractivity contribution in [3.05, 3.63) is 58.9 Å². The Morgan fingerprint density at radius 2 is 1.30 bits per heavy atom. The predicted molar refractivity (Wildman–Crippen MR) is 177 cm³/mol. The van der Waals surface area contributed by atoms with Gasteiger partial charge in [-0.15, -0.1) is 0 Å². The molecule has 10 nitrogen and oxygen atoms in total. The first kappa shape index (κ1) is 38.4. The smallest absolute Gasteiger partial charge is 0.420 e. The largest absolute Gasteiger partial charge is 0.458 e. The number of rotatable bonds is 12. The van der Waals surface area contributed by atoms with Crippen LogP contribution in [0, 0.1) is 0 Å². The third-order valence-corrected chi connectivity index (χ3v) is 6.71. The highest BCUT2D eigenvalue weighted by molar-refractivity contribution is 5.94. The molecule has 0 spiro atoms. The number of aromatic nitrogens is 1. The van der Waals surface area contributed by atoms with Crippen LogP contribution in [0.15, 0.2) is 36.5 Å². The van der Waals surface area contributed by atoms with E-state index in [2.05, 4.69) is 0 Å². The molecule has 10 heteroatoms. The highest BCUT2D eigenvalue weighted by Gasteiger charge is 2.42. The molecule has 0 aliphatic heterocycles. The summed E-state index contributed by atoms with van der Waals surface area (Å²) in [6, 6.07) is 8.23. The molecule has 1 aromatic heterocycles. The maximum Gasteiger partial charge on any atom is 0.420 e. The summed E-state index contributed by atoms with van der Waals surface area (Å²) in [5.41, 5.74) is 0.720. The Hall–Kier alpha value is -3.82. The SMILES string of the molecule is CCc1cn(CCCC[C@@H](C(=O)OC(C)(C)C)N(C(=O)OC(C)(C)C)C(=O)OC(C)(C)C)c(C(=O)OCc2ccccc2)c1CC. The number of benzene rings is 1. The van der Waals surface area contributed by atoms with Crippen LogP contribution >= 0.6 is 0 Å². The van der Waals surface area contributed by atoms with E-state index in [1.54, 1.807) is 62.3 Å². The maximum atomic E-state index is 13.5. The summed E-state index contributed by atoms with van der Waals surface area (Å²) in [6.07, 6.45) is 2.49. The highest BCUT2D eigenvalue weighted by atomic mass is 16.6. The second kappa shape index (κ2) is 16.1. The predicted octanol–water partition coefficient (Wildman–Crippen LogP) is 8.02. The van der Waals surface area contributed by atoms with Crippen molar-refractivity contribution >= 4 is 24.1 Å². The summed E-state index contributed by atoms with van der Waals surface area (Å²) >= 11 is 0. The average molecular weight is 643 g/mol. The molecule has 0 aliphatic rings. The van der Waals surface area contributed by atoms with Crippen LogP contribution in [-0.4, -0.2) is 56.4 Å². The second-order valence-corrected chi connectivity index (χ2v) is 14.3. The van der Waals surface area contributed by atoms with Gasteiger partial charge in [-0.1, -0.05) is 44.2 Å². The first-order valence-corrected chi connectivity index (χ1v) is 16.2. The van der Waals surface area contributed by atoms with Crippen molar-refractivity contribution in [2.45, 2.75) is 144 Å². The van der Waals surface area contributed by atoms with Crippen molar-refractivity contribution in [2.75, 3.05) is 0 Å². The molecule has 0 fully saturated rings. The third-order valence-electron chi connectivity index (χ3n) is 6.71. The Morgan fingerprint density at radius 3 is 1.78 bits per heavy atom. The van der Waals surface area contributed by atoms with E-state index >= 15 is 0 Å². The standard InChI is InChI=1S/C36H54N2O8/c1-12-26-23-37(29(27(26)13-2)31(40)43-24-25-19-15-14-16-20-25)22-18-17-21-28(30(39)44-34(3,4)5)38(32(41)45-35(6,7)8)33(42)46-36(9,10)11/h14-16,19-20,23,28H,12-13,17-18,21-22,24H2,1-11H3/t28-/m0/s1. The lowest BCUT2D eigenvalue weighted by Gasteiger charge is -2.33. The lowest BCUT2D eigenvalue weighted by Crippen LogP contribution is -2.53. The van der Waals surface area contributed by atoms with E-state index in [9.17, 15) is 19.2 Å². The zero-order valence-electron chi connectivity index (χ0n) is 29.7. The number of amides is 2. The van der Waals surface area contributed by atoms with Crippen molar-refractivity contribution in [1.29, 1.82) is 0 Å². The summed E-state index contributed by atoms with van der Waals surface area (Å²) in [5, 5.41) is 0. The van der Waals surface area contributed by atoms with Crippen LogP contribution in [0.3, 0.4) is 0 Å². The molecule has 256 valence electrons. The van der Waals surface area contributed by atoms with Gasteiger partial charge in [-0.05, 0) is 111 Å². The Labute approximate surface area is 274 Å². The van der Waals surface area contributed by atoms with Gasteiger partial charge in [0.2, 0.25) is 0 Å². The van der Waals surface area contributed by atoms with Crippen LogP contribution in [0.1, 0.15) is 123 Å². The van der Waals surface area contributed by atoms with Gasteiger partial charge in [0.1, 0.15) is 35.1 Å². The number of carbonyl (C=O) groups excluding carboxylic acids is 4. The summed E-state index contributed by atoms with van der Waals surface area (Å²) in [5.74, 6) is -1.13. The number of esters is 2. The zero-order chi connectivity index (χ0) is 34.9. The molecule has 0 aliphatic carbocycles. The van der Waals surface area contributed by atoms with E-state index in [1.165, 1.54) is 0 Å². The molecule has 2 aromatic rings. The Balaban J connectivity index is 2.33. The van der Waals surface area contributed by atoms with Crippen molar-refractivity contribution in [3.8, 4) is 0 Å². The van der Waals surface area contributed by atoms with Gasteiger partial charge in [-0.3, -0.25) is 0 Å². The molecule has 0 bridgehead atoms. The van der Waals surface area contributed by atoms with Crippen molar-refractivity contribution in [2.24, 2.45) is 0 Å². The number of hydrogen-bond donors (Lipinski definition) is 0. The number of aryl methyl sites for hydroxylation is 2. The topological polar surface area (TPSA) is 113 Å². The van der Waals surface area contributed by atoms with Gasteiger partial charge in [0, 0.05) is 12.7 Å². The van der Waals surface area contributed by atoms with Crippen molar-refractivity contribution < 1.29 is 38.1 Å². The summed E-state index contributed by atoms with van der Waals surface area (Å²) in [7, 11) is 0. The van der Waals surface area contributed by atoms with Gasteiger partial charge in [-0.25, -0.2) is 19.2 Å². The van der Waals surface area contributed by atoms with Crippen molar-refractivity contribution in [3.63, 3.8) is 0 Å². The van der Waals surface area contributed by atoms with Crippen LogP contribution in [0.25, 0.3) is 0 Å². The molecule has 0 saturated heterocycles. The van der Waals surface area contributed by atoms with Gasteiger partial charge in [0.15, 0.2) is 0 Å². The fourth-order valence-electron chi connectivity index (χ4n) is 4.86. The fourth-order valence-corrected chi connectivity index (χ4v) is 4.86. The van der Waals surface area contributed by atoms with Crippen LogP contribution in [0.4, 0.5) is 9.59 Å². The van der Waals surface area contributed by atoms with E-state index in [1.807, 2.05) is 54.9 Å². The minimum atomic E-state index is -1.29. The molecule has 46 heavy (non-hydrogen) atoms. The molecule has 0 unspecified atom stereocenters. The Morgan fingerprint density at radius 1 is 0.761 bits per heavy atom. The summed E-state index contributed by atoms with van der Waals surface area (Å²) < 4.78 is 24.3. The average Bonchev–Trinajstić information content (AvgIpc) is 3.28. The van der Waals surface area contributed by atoms with Gasteiger partial charge >= 0.3 is 24.1 Å². The normalized spacial score (nSPS) is 12.7. The lowest BCUT2D eigenvalue weighted by atomic mass is 10.1. The number of unbranched alkanes of at least 4 members (excludes halogenated alkanes) is 1. The summed E-state index contributed by atoms with van der Waals surface area (Å²) in [4.78, 5) is 54.4. The number of ether oxygens (including phenoxy) is 4. The zero-order valence-corrected chi connectivity index (χ0v) is 29.7. The molecular formula is C36H54N2O8. The highest BCUT2D eigenvalue weighted by Crippen LogP contribution is 2.25. The monoisotopic (exact) mass is 642 g/mol. The van der Waals surface area contributed by atoms with Crippen LogP contribution in [0.2, 0.25) is 0 Å². The van der Waals surface area contributed by atoms with Gasteiger partial charge in [0.05, 0.1) is 0 Å². The molecule has 0 N–H and O–H groups in total. The van der Waals surface area contributed by atoms with Crippen LogP contribution < -0.4 is 0 Å². The quantitative estimate of drug-likeness (QED) is 0.130. The molecule has 0 radical (unpaired) electrons. The molecule has 1 atom stereocenters. The summed E-state index contributed by atoms with van der Waals surface area (Å²) in [6.45, 7) is 19.9. The molecule has 1 aromatic carbocycles. The van der Waals surface area contributed by atoms with E-state index in [0.717, 1.165) is 28.0 Å². The minimum Gasteiger partial charge on any atom is -0.458 e.